The monoisotopic (exact) mass is 1120 g/mol. The number of benzene rings is 14. The van der Waals surface area contributed by atoms with Crippen LogP contribution in [0.3, 0.4) is 0 Å². The van der Waals surface area contributed by atoms with Gasteiger partial charge < -0.3 is 14.2 Å². The van der Waals surface area contributed by atoms with E-state index in [-0.39, 0.29) is 0 Å². The third-order valence-electron chi connectivity index (χ3n) is 17.6. The molecule has 0 fully saturated rings. The number of rotatable bonds is 9. The number of aromatic nitrogens is 1. The molecule has 0 N–H and O–H groups in total. The van der Waals surface area contributed by atoms with Crippen molar-refractivity contribution >= 4 is 157 Å². The zero-order chi connectivity index (χ0) is 55.7. The van der Waals surface area contributed by atoms with Gasteiger partial charge in [-0.15, -0.1) is 22.7 Å². The maximum atomic E-state index is 2.56. The van der Waals surface area contributed by atoms with Crippen molar-refractivity contribution in [2.45, 2.75) is 0 Å². The van der Waals surface area contributed by atoms with Gasteiger partial charge in [0.25, 0.3) is 0 Å². The third-order valence-corrected chi connectivity index (χ3v) is 20.0. The molecule has 0 saturated carbocycles. The molecule has 0 aliphatic heterocycles. The van der Waals surface area contributed by atoms with Crippen molar-refractivity contribution in [2.24, 2.45) is 0 Å². The largest absolute Gasteiger partial charge is 0.309 e. The lowest BCUT2D eigenvalue weighted by molar-refractivity contribution is 1.30. The normalized spacial score (nSPS) is 12.0. The summed E-state index contributed by atoms with van der Waals surface area (Å²) in [5, 5.41) is 15.1. The highest BCUT2D eigenvalue weighted by molar-refractivity contribution is 7.26. The van der Waals surface area contributed by atoms with E-state index >= 15 is 0 Å². The molecular weight excluding hydrogens is 1070 g/mol. The van der Waals surface area contributed by atoms with Crippen molar-refractivity contribution in [3.05, 3.63) is 297 Å². The maximum absolute atomic E-state index is 2.56. The summed E-state index contributed by atoms with van der Waals surface area (Å²) < 4.78 is 7.72. The molecule has 0 unspecified atom stereocenters. The maximum Gasteiger partial charge on any atom is 0.0640 e. The van der Waals surface area contributed by atoms with Crippen molar-refractivity contribution in [1.29, 1.82) is 0 Å². The molecule has 0 atom stereocenters. The number of hydrogen-bond acceptors (Lipinski definition) is 4. The molecule has 0 saturated heterocycles. The van der Waals surface area contributed by atoms with Crippen LogP contribution in [-0.4, -0.2) is 4.40 Å². The van der Waals surface area contributed by atoms with Crippen LogP contribution in [0.5, 0.6) is 0 Å². The van der Waals surface area contributed by atoms with Crippen LogP contribution in [-0.2, 0) is 0 Å². The summed E-state index contributed by atoms with van der Waals surface area (Å²) in [6, 6.07) is 110. The summed E-state index contributed by atoms with van der Waals surface area (Å²) in [6.45, 7) is 0. The Labute approximate surface area is 498 Å². The van der Waals surface area contributed by atoms with E-state index in [4.69, 9.17) is 0 Å². The number of anilines is 6. The van der Waals surface area contributed by atoms with Crippen molar-refractivity contribution in [3.63, 3.8) is 0 Å². The molecule has 18 rings (SSSR count). The zero-order valence-corrected chi connectivity index (χ0v) is 47.6. The van der Waals surface area contributed by atoms with Crippen LogP contribution in [0.15, 0.2) is 297 Å². The molecule has 85 heavy (non-hydrogen) atoms. The van der Waals surface area contributed by atoms with Gasteiger partial charge in [-0.1, -0.05) is 176 Å². The minimum atomic E-state index is 1.12. The van der Waals surface area contributed by atoms with Gasteiger partial charge in [-0.05, 0) is 176 Å². The molecule has 0 amide bonds. The second kappa shape index (κ2) is 19.0. The fourth-order valence-corrected chi connectivity index (χ4v) is 16.1. The smallest absolute Gasteiger partial charge is 0.0640 e. The van der Waals surface area contributed by atoms with Crippen molar-refractivity contribution in [3.8, 4) is 33.4 Å². The van der Waals surface area contributed by atoms with Gasteiger partial charge in [0.05, 0.1) is 37.3 Å². The molecule has 0 radical (unpaired) electrons. The van der Waals surface area contributed by atoms with Crippen LogP contribution < -0.4 is 9.80 Å². The van der Waals surface area contributed by atoms with Crippen LogP contribution in [0.4, 0.5) is 34.1 Å². The minimum absolute atomic E-state index is 1.12. The fraction of sp³-hybridized carbons (Fsp3) is 0. The third kappa shape index (κ3) is 7.64. The number of nitrogens with zero attached hydrogens (tertiary/aromatic N) is 3. The molecule has 18 aromatic rings. The quantitative estimate of drug-likeness (QED) is 0.143. The predicted octanol–water partition coefficient (Wildman–Crippen LogP) is 23.8. The SMILES string of the molecule is c1ccc(-c2cc3c4cc5ccc(-c6cccc(N(c7ccccc7)c7cccc8c7sc7ccccc78)c6)cc5cc4n4c5cc6cc(-c7cccc(N(c8ccccc8)c8cccc9c8sc8ccccc89)c7)ccc6cc5c(c2)c34)cc1. The van der Waals surface area contributed by atoms with Crippen molar-refractivity contribution in [1.82, 2.24) is 4.40 Å². The number of thiophene rings is 2. The Kier molecular flexibility index (Phi) is 10.7. The van der Waals surface area contributed by atoms with Gasteiger partial charge in [0, 0.05) is 75.2 Å². The van der Waals surface area contributed by atoms with Gasteiger partial charge in [-0.2, -0.15) is 0 Å². The van der Waals surface area contributed by atoms with Crippen LogP contribution in [0.2, 0.25) is 0 Å². The summed E-state index contributed by atoms with van der Waals surface area (Å²) in [7, 11) is 0. The van der Waals surface area contributed by atoms with Gasteiger partial charge >= 0.3 is 0 Å². The molecule has 4 aromatic heterocycles. The van der Waals surface area contributed by atoms with Gasteiger partial charge in [0.15, 0.2) is 0 Å². The highest BCUT2D eigenvalue weighted by atomic mass is 32.1. The molecule has 0 aliphatic rings. The molecule has 0 bridgehead atoms. The predicted molar refractivity (Wildman–Crippen MR) is 368 cm³/mol. The first kappa shape index (κ1) is 48.0. The van der Waals surface area contributed by atoms with Crippen molar-refractivity contribution < 1.29 is 0 Å². The Balaban J connectivity index is 0.784. The summed E-state index contributed by atoms with van der Waals surface area (Å²) in [5.41, 5.74) is 17.7. The Morgan fingerprint density at radius 3 is 1.13 bits per heavy atom. The first-order valence-corrected chi connectivity index (χ1v) is 30.7. The molecule has 4 heterocycles. The van der Waals surface area contributed by atoms with E-state index < -0.39 is 0 Å². The second-order valence-electron chi connectivity index (χ2n) is 22.4. The van der Waals surface area contributed by atoms with Gasteiger partial charge in [-0.25, -0.2) is 0 Å². The highest BCUT2D eigenvalue weighted by Gasteiger charge is 2.24. The highest BCUT2D eigenvalue weighted by Crippen LogP contribution is 2.49. The molecular formula is C80H49N3S2. The average molecular weight is 1120 g/mol. The van der Waals surface area contributed by atoms with E-state index in [1.807, 2.05) is 22.7 Å². The minimum Gasteiger partial charge on any atom is -0.309 e. The van der Waals surface area contributed by atoms with E-state index in [9.17, 15) is 0 Å². The van der Waals surface area contributed by atoms with Gasteiger partial charge in [0.1, 0.15) is 0 Å². The van der Waals surface area contributed by atoms with Crippen LogP contribution >= 0.6 is 22.7 Å². The summed E-state index contributed by atoms with van der Waals surface area (Å²) in [4.78, 5) is 4.85. The lowest BCUT2D eigenvalue weighted by Crippen LogP contribution is -2.10. The molecule has 0 spiro atoms. The Morgan fingerprint density at radius 2 is 0.635 bits per heavy atom. The van der Waals surface area contributed by atoms with E-state index in [1.165, 1.54) is 145 Å². The van der Waals surface area contributed by atoms with Crippen LogP contribution in [0, 0.1) is 0 Å². The topological polar surface area (TPSA) is 10.9 Å². The summed E-state index contributed by atoms with van der Waals surface area (Å²) in [5.74, 6) is 0. The molecule has 14 aromatic carbocycles. The number of fused-ring (bicyclic) bond motifs is 14. The Hall–Kier alpha value is -10.6. The Bertz CT molecular complexity index is 5350. The standard InChI is InChI=1S/C80H49N3S2/c1-4-18-50(19-5-1)59-46-70-68-44-55-38-36-53(51-20-14-26-62(42-51)81(60-22-6-2-7-23-60)72-32-16-30-66-64-28-10-12-34-76(64)84-79(66)72)40-57(55)48-74(68)83-75-49-58-41-54(37-39-56(58)45-69(75)71(47-59)78(70)83)52-21-15-27-63(43-52)82(61-24-8-3-9-25-61)73-33-17-31-67-65-29-11-13-35-77(65)85-80(67)73/h1-49H. The lowest BCUT2D eigenvalue weighted by atomic mass is 9.96. The first-order valence-electron chi connectivity index (χ1n) is 29.0. The van der Waals surface area contributed by atoms with E-state index in [1.54, 1.807) is 0 Å². The summed E-state index contributed by atoms with van der Waals surface area (Å²) in [6.07, 6.45) is 0. The van der Waals surface area contributed by atoms with E-state index in [0.717, 1.165) is 22.7 Å². The lowest BCUT2D eigenvalue weighted by Gasteiger charge is -2.26. The van der Waals surface area contributed by atoms with Gasteiger partial charge in [0.2, 0.25) is 0 Å². The molecule has 5 heteroatoms. The number of hydrogen-bond donors (Lipinski definition) is 0. The average Bonchev–Trinajstić information content (AvgIpc) is 1.67. The van der Waals surface area contributed by atoms with E-state index in [2.05, 4.69) is 311 Å². The molecule has 0 aliphatic carbocycles. The molecule has 396 valence electrons. The fourth-order valence-electron chi connectivity index (χ4n) is 13.7. The van der Waals surface area contributed by atoms with Crippen LogP contribution in [0.25, 0.3) is 133 Å². The second-order valence-corrected chi connectivity index (χ2v) is 24.5. The number of para-hydroxylation sites is 2. The first-order chi connectivity index (χ1) is 42.1. The Morgan fingerprint density at radius 1 is 0.235 bits per heavy atom. The zero-order valence-electron chi connectivity index (χ0n) is 45.9. The van der Waals surface area contributed by atoms with Crippen LogP contribution in [0.1, 0.15) is 0 Å². The van der Waals surface area contributed by atoms with Crippen molar-refractivity contribution in [2.75, 3.05) is 9.80 Å². The molecule has 3 nitrogen and oxygen atoms in total. The summed E-state index contributed by atoms with van der Waals surface area (Å²) >= 11 is 3.73. The van der Waals surface area contributed by atoms with Gasteiger partial charge in [-0.3, -0.25) is 0 Å². The van der Waals surface area contributed by atoms with E-state index in [0.29, 0.717) is 0 Å².